The van der Waals surface area contributed by atoms with Crippen LogP contribution in [0.1, 0.15) is 18.8 Å². The fourth-order valence-electron chi connectivity index (χ4n) is 2.81. The summed E-state index contributed by atoms with van der Waals surface area (Å²) in [5.74, 6) is 1.54. The van der Waals surface area contributed by atoms with Gasteiger partial charge in [-0.1, -0.05) is 19.1 Å². The number of methoxy groups -OCH3 is 1. The number of thioether (sulfide) groups is 1. The molecule has 7 heteroatoms. The van der Waals surface area contributed by atoms with Crippen molar-refractivity contribution in [2.24, 2.45) is 0 Å². The molecule has 6 nitrogen and oxygen atoms in total. The van der Waals surface area contributed by atoms with Gasteiger partial charge in [0, 0.05) is 5.56 Å². The Morgan fingerprint density at radius 3 is 2.57 bits per heavy atom. The maximum atomic E-state index is 10.4. The minimum absolute atomic E-state index is 0.311. The summed E-state index contributed by atoms with van der Waals surface area (Å²) >= 11 is 1.46. The first-order valence-electron chi connectivity index (χ1n) is 7.68. The molecule has 0 amide bonds. The van der Waals surface area contributed by atoms with E-state index in [0.717, 1.165) is 17.1 Å². The zero-order valence-corrected chi connectivity index (χ0v) is 13.9. The molecule has 0 aromatic heterocycles. The molecule has 3 rings (SSSR count). The first-order chi connectivity index (χ1) is 11.1. The predicted octanol–water partition coefficient (Wildman–Crippen LogP) is 1.31. The van der Waals surface area contributed by atoms with Crippen LogP contribution in [-0.4, -0.2) is 59.5 Å². The van der Waals surface area contributed by atoms with Crippen LogP contribution in [0.4, 0.5) is 0 Å². The SMILES string of the molecule is CCSC1OC2COC(c3ccc(OC)cc3)OC2C(O)C1O. The van der Waals surface area contributed by atoms with E-state index in [2.05, 4.69) is 0 Å². The molecule has 2 heterocycles. The van der Waals surface area contributed by atoms with Gasteiger partial charge in [0.15, 0.2) is 6.29 Å². The van der Waals surface area contributed by atoms with E-state index in [1.54, 1.807) is 7.11 Å². The van der Waals surface area contributed by atoms with Gasteiger partial charge in [-0.25, -0.2) is 0 Å². The van der Waals surface area contributed by atoms with Gasteiger partial charge in [0.25, 0.3) is 0 Å². The highest BCUT2D eigenvalue weighted by molar-refractivity contribution is 7.99. The van der Waals surface area contributed by atoms with Crippen LogP contribution in [0, 0.1) is 0 Å². The van der Waals surface area contributed by atoms with Crippen LogP contribution in [0.25, 0.3) is 0 Å². The van der Waals surface area contributed by atoms with Crippen molar-refractivity contribution >= 4 is 11.8 Å². The molecule has 2 fully saturated rings. The quantitative estimate of drug-likeness (QED) is 0.854. The highest BCUT2D eigenvalue weighted by Crippen LogP contribution is 2.36. The first kappa shape index (κ1) is 17.0. The molecular formula is C16H22O6S. The maximum absolute atomic E-state index is 10.4. The Bertz CT molecular complexity index is 508. The Labute approximate surface area is 139 Å². The molecule has 2 aliphatic heterocycles. The Kier molecular flexibility index (Phi) is 5.45. The van der Waals surface area contributed by atoms with Crippen LogP contribution in [0.2, 0.25) is 0 Å². The molecule has 6 atom stereocenters. The van der Waals surface area contributed by atoms with Crippen molar-refractivity contribution < 1.29 is 29.2 Å². The summed E-state index contributed by atoms with van der Waals surface area (Å²) in [7, 11) is 1.61. The van der Waals surface area contributed by atoms with Crippen LogP contribution in [0.3, 0.4) is 0 Å². The van der Waals surface area contributed by atoms with E-state index in [1.165, 1.54) is 11.8 Å². The highest BCUT2D eigenvalue weighted by Gasteiger charge is 2.48. The monoisotopic (exact) mass is 342 g/mol. The average molecular weight is 342 g/mol. The molecule has 6 unspecified atom stereocenters. The van der Waals surface area contributed by atoms with Crippen LogP contribution < -0.4 is 4.74 Å². The van der Waals surface area contributed by atoms with Gasteiger partial charge in [0.2, 0.25) is 0 Å². The molecule has 0 bridgehead atoms. The van der Waals surface area contributed by atoms with E-state index in [1.807, 2.05) is 31.2 Å². The molecule has 0 aliphatic carbocycles. The van der Waals surface area contributed by atoms with Gasteiger partial charge < -0.3 is 29.2 Å². The van der Waals surface area contributed by atoms with Crippen molar-refractivity contribution in [1.29, 1.82) is 0 Å². The number of aliphatic hydroxyl groups excluding tert-OH is 2. The third kappa shape index (κ3) is 3.50. The number of benzene rings is 1. The second-order valence-electron chi connectivity index (χ2n) is 5.52. The molecule has 0 spiro atoms. The number of rotatable bonds is 4. The van der Waals surface area contributed by atoms with Gasteiger partial charge in [-0.15, -0.1) is 11.8 Å². The van der Waals surface area contributed by atoms with Crippen molar-refractivity contribution in [2.45, 2.75) is 43.1 Å². The van der Waals surface area contributed by atoms with Crippen LogP contribution >= 0.6 is 11.8 Å². The zero-order chi connectivity index (χ0) is 16.4. The molecule has 0 saturated carbocycles. The summed E-state index contributed by atoms with van der Waals surface area (Å²) in [6.07, 6.45) is -3.56. The Hall–Kier alpha value is -0.830. The molecule has 0 radical (unpaired) electrons. The third-order valence-electron chi connectivity index (χ3n) is 4.05. The van der Waals surface area contributed by atoms with Crippen molar-refractivity contribution in [3.8, 4) is 5.75 Å². The standard InChI is InChI=1S/C16H22O6S/c1-3-23-16-13(18)12(17)14-11(21-16)8-20-15(22-14)9-4-6-10(19-2)7-5-9/h4-7,11-18H,3,8H2,1-2H3. The van der Waals surface area contributed by atoms with Gasteiger partial charge in [-0.3, -0.25) is 0 Å². The van der Waals surface area contributed by atoms with Crippen molar-refractivity contribution in [1.82, 2.24) is 0 Å². The molecular weight excluding hydrogens is 320 g/mol. The minimum atomic E-state index is -0.998. The van der Waals surface area contributed by atoms with Crippen molar-refractivity contribution in [3.05, 3.63) is 29.8 Å². The van der Waals surface area contributed by atoms with Crippen LogP contribution in [-0.2, 0) is 14.2 Å². The molecule has 1 aromatic carbocycles. The Balaban J connectivity index is 1.69. The zero-order valence-electron chi connectivity index (χ0n) is 13.1. The van der Waals surface area contributed by atoms with Gasteiger partial charge in [-0.2, -0.15) is 0 Å². The van der Waals surface area contributed by atoms with Crippen molar-refractivity contribution in [3.63, 3.8) is 0 Å². The fourth-order valence-corrected chi connectivity index (χ4v) is 3.72. The van der Waals surface area contributed by atoms with Gasteiger partial charge in [-0.05, 0) is 17.9 Å². The van der Waals surface area contributed by atoms with E-state index < -0.39 is 30.0 Å². The second-order valence-corrected chi connectivity index (χ2v) is 6.89. The Morgan fingerprint density at radius 1 is 1.17 bits per heavy atom. The first-order valence-corrected chi connectivity index (χ1v) is 8.73. The molecule has 2 N–H and O–H groups in total. The molecule has 23 heavy (non-hydrogen) atoms. The van der Waals surface area contributed by atoms with Gasteiger partial charge in [0.05, 0.1) is 13.7 Å². The number of ether oxygens (including phenoxy) is 4. The topological polar surface area (TPSA) is 77.4 Å². The van der Waals surface area contributed by atoms with E-state index >= 15 is 0 Å². The average Bonchev–Trinajstić information content (AvgIpc) is 2.59. The number of hydrogen-bond donors (Lipinski definition) is 2. The lowest BCUT2D eigenvalue weighted by Gasteiger charge is -2.46. The Morgan fingerprint density at radius 2 is 1.91 bits per heavy atom. The summed E-state index contributed by atoms with van der Waals surface area (Å²) in [5, 5.41) is 20.6. The van der Waals surface area contributed by atoms with Crippen LogP contribution in [0.15, 0.2) is 24.3 Å². The predicted molar refractivity (Wildman–Crippen MR) is 85.4 cm³/mol. The molecule has 1 aromatic rings. The van der Waals surface area contributed by atoms with Crippen LogP contribution in [0.5, 0.6) is 5.75 Å². The lowest BCUT2D eigenvalue weighted by atomic mass is 9.99. The van der Waals surface area contributed by atoms with E-state index in [9.17, 15) is 10.2 Å². The van der Waals surface area contributed by atoms with Crippen molar-refractivity contribution in [2.75, 3.05) is 19.5 Å². The summed E-state index contributed by atoms with van der Waals surface area (Å²) in [6, 6.07) is 7.35. The van der Waals surface area contributed by atoms with Gasteiger partial charge in [0.1, 0.15) is 35.6 Å². The van der Waals surface area contributed by atoms with Gasteiger partial charge >= 0.3 is 0 Å². The largest absolute Gasteiger partial charge is 0.497 e. The fraction of sp³-hybridized carbons (Fsp3) is 0.625. The lowest BCUT2D eigenvalue weighted by molar-refractivity contribution is -0.318. The number of hydrogen-bond acceptors (Lipinski definition) is 7. The van der Waals surface area contributed by atoms with E-state index in [-0.39, 0.29) is 6.10 Å². The smallest absolute Gasteiger partial charge is 0.184 e. The molecule has 2 aliphatic rings. The van der Waals surface area contributed by atoms with E-state index in [0.29, 0.717) is 6.61 Å². The highest BCUT2D eigenvalue weighted by atomic mass is 32.2. The lowest BCUT2D eigenvalue weighted by Crippen LogP contribution is -2.60. The minimum Gasteiger partial charge on any atom is -0.497 e. The normalized spacial score (nSPS) is 37.2. The number of aliphatic hydroxyl groups is 2. The molecule has 128 valence electrons. The number of fused-ring (bicyclic) bond motifs is 1. The maximum Gasteiger partial charge on any atom is 0.184 e. The third-order valence-corrected chi connectivity index (χ3v) is 5.10. The summed E-state index contributed by atoms with van der Waals surface area (Å²) in [4.78, 5) is 0. The summed E-state index contributed by atoms with van der Waals surface area (Å²) in [6.45, 7) is 2.29. The van der Waals surface area contributed by atoms with E-state index in [4.69, 9.17) is 18.9 Å². The second kappa shape index (κ2) is 7.38. The summed E-state index contributed by atoms with van der Waals surface area (Å²) < 4.78 is 22.5. The summed E-state index contributed by atoms with van der Waals surface area (Å²) in [5.41, 5.74) is 0.372. The molecule has 2 saturated heterocycles.